The van der Waals surface area contributed by atoms with Crippen LogP contribution in [0.3, 0.4) is 0 Å². The minimum atomic E-state index is -1.29. The van der Waals surface area contributed by atoms with Gasteiger partial charge in [0.1, 0.15) is 36.1 Å². The van der Waals surface area contributed by atoms with Crippen molar-refractivity contribution in [2.24, 2.45) is 23.2 Å². The van der Waals surface area contributed by atoms with Crippen LogP contribution in [-0.2, 0) is 89.3 Å². The van der Waals surface area contributed by atoms with Crippen molar-refractivity contribution in [3.8, 4) is 5.75 Å². The Labute approximate surface area is 528 Å². The third kappa shape index (κ3) is 27.5. The first-order valence-corrected chi connectivity index (χ1v) is 31.1. The Kier molecular flexibility index (Phi) is 33.1. The summed E-state index contributed by atoms with van der Waals surface area (Å²) in [4.78, 5) is 120. The maximum atomic E-state index is 14.1. The third-order valence-electron chi connectivity index (χ3n) is 14.9. The number of carbonyl (C=O) groups is 9. The van der Waals surface area contributed by atoms with Crippen LogP contribution in [0.1, 0.15) is 129 Å². The van der Waals surface area contributed by atoms with E-state index in [-0.39, 0.29) is 94.7 Å². The van der Waals surface area contributed by atoms with Crippen LogP contribution >= 0.6 is 11.6 Å². The summed E-state index contributed by atoms with van der Waals surface area (Å²) in [6.45, 7) is 15.4. The van der Waals surface area contributed by atoms with E-state index >= 15 is 0 Å². The molecule has 7 amide bonds. The Morgan fingerprint density at radius 1 is 0.753 bits per heavy atom. The lowest BCUT2D eigenvalue weighted by Crippen LogP contribution is -2.55. The summed E-state index contributed by atoms with van der Waals surface area (Å²) in [6.07, 6.45) is 1.95. The van der Waals surface area contributed by atoms with Gasteiger partial charge in [0.25, 0.3) is 0 Å². The van der Waals surface area contributed by atoms with Gasteiger partial charge in [-0.3, -0.25) is 38.4 Å². The highest BCUT2D eigenvalue weighted by Gasteiger charge is 2.48. The average molecular weight is 1270 g/mol. The van der Waals surface area contributed by atoms with Crippen LogP contribution in [0.2, 0.25) is 5.02 Å². The molecule has 0 unspecified atom stereocenters. The topological polar surface area (TPSA) is 315 Å². The fourth-order valence-corrected chi connectivity index (χ4v) is 9.72. The van der Waals surface area contributed by atoms with Crippen molar-refractivity contribution in [3.05, 3.63) is 76.3 Å². The molecule has 0 bridgehead atoms. The van der Waals surface area contributed by atoms with Crippen LogP contribution in [0.5, 0.6) is 5.75 Å². The first-order valence-electron chi connectivity index (χ1n) is 30.8. The summed E-state index contributed by atoms with van der Waals surface area (Å²) in [5.41, 5.74) is 0.896. The summed E-state index contributed by atoms with van der Waals surface area (Å²) >= 11 is 6.40. The van der Waals surface area contributed by atoms with Crippen LogP contribution in [0.25, 0.3) is 0 Å². The Morgan fingerprint density at radius 3 is 2.06 bits per heavy atom. The minimum Gasteiger partial charge on any atom is -0.495 e. The maximum absolute atomic E-state index is 14.1. The summed E-state index contributed by atoms with van der Waals surface area (Å²) in [6, 6.07) is 9.40. The van der Waals surface area contributed by atoms with E-state index in [1.807, 2.05) is 45.0 Å². The van der Waals surface area contributed by atoms with Gasteiger partial charge in [0.15, 0.2) is 6.10 Å². The molecule has 496 valence electrons. The molecule has 7 N–H and O–H groups in total. The quantitative estimate of drug-likeness (QED) is 0.0277. The summed E-state index contributed by atoms with van der Waals surface area (Å²) in [5, 5.41) is 19.8. The standard InChI is InChI=1S/C64H96ClN7O17/c1-40(2)35-51-62(80)87-49(16-13-18-54(75)70-48(37-44-22-25-50(83-10)46(65)36-44)60(78)69-39-64(6,7)63(81)88-51)42(5)57-58(89-57)45-23-20-43(21-24-45)38-68-59(77)47(71-61(79)56(41(3)4)72-55(76)19-14-17-52(73)66-8)15-11-12-27-67-53(74)26-28-84-31-32-86-34-33-85-30-29-82-9/h13,18,20-25,36,40-42,47-49,51,56-58H,11-12,14-17,19,26-35,37-39H2,1-10H3,(H,66,73)(H,67,74)(H,68,77)(H,69,78)(H,70,75)(H,71,79)(H,72,76)/b18-13+/t42-,47-,48+,49-,51-,56-,57+,58+/m0/s1. The Morgan fingerprint density at radius 2 is 1.42 bits per heavy atom. The van der Waals surface area contributed by atoms with Crippen LogP contribution in [0.4, 0.5) is 0 Å². The van der Waals surface area contributed by atoms with E-state index in [2.05, 4.69) is 37.2 Å². The van der Waals surface area contributed by atoms with E-state index in [0.717, 1.165) is 11.1 Å². The molecule has 2 aliphatic heterocycles. The van der Waals surface area contributed by atoms with Gasteiger partial charge < -0.3 is 75.1 Å². The molecular weight excluding hydrogens is 1170 g/mol. The number of carbonyl (C=O) groups excluding carboxylic acids is 9. The average Bonchev–Trinajstić information content (AvgIpc) is 2.16. The van der Waals surface area contributed by atoms with Crippen molar-refractivity contribution in [1.29, 1.82) is 0 Å². The minimum absolute atomic E-state index is 0.0273. The molecule has 0 saturated carbocycles. The van der Waals surface area contributed by atoms with Crippen LogP contribution in [-0.4, -0.2) is 170 Å². The van der Waals surface area contributed by atoms with Crippen molar-refractivity contribution in [1.82, 2.24) is 37.2 Å². The summed E-state index contributed by atoms with van der Waals surface area (Å²) in [5.74, 6) is -4.85. The van der Waals surface area contributed by atoms with Crippen molar-refractivity contribution in [3.63, 3.8) is 0 Å². The number of esters is 2. The highest BCUT2D eigenvalue weighted by atomic mass is 35.5. The second-order valence-electron chi connectivity index (χ2n) is 23.6. The third-order valence-corrected chi connectivity index (χ3v) is 15.2. The Balaban J connectivity index is 1.42. The fraction of sp³-hybridized carbons (Fsp3) is 0.641. The van der Waals surface area contributed by atoms with Crippen molar-refractivity contribution in [2.75, 3.05) is 80.6 Å². The van der Waals surface area contributed by atoms with Gasteiger partial charge in [-0.1, -0.05) is 82.6 Å². The van der Waals surface area contributed by atoms with Gasteiger partial charge >= 0.3 is 11.9 Å². The lowest BCUT2D eigenvalue weighted by molar-refractivity contribution is -0.179. The zero-order valence-electron chi connectivity index (χ0n) is 53.4. The molecule has 2 aliphatic rings. The number of epoxide rings is 1. The lowest BCUT2D eigenvalue weighted by Gasteiger charge is -2.29. The molecule has 0 spiro atoms. The molecule has 2 aromatic carbocycles. The molecule has 0 aliphatic carbocycles. The number of hydrogen-bond donors (Lipinski definition) is 7. The molecule has 89 heavy (non-hydrogen) atoms. The van der Waals surface area contributed by atoms with Crippen molar-refractivity contribution in [2.45, 2.75) is 162 Å². The van der Waals surface area contributed by atoms with Gasteiger partial charge in [0.2, 0.25) is 41.4 Å². The smallest absolute Gasteiger partial charge is 0.347 e. The Hall–Kier alpha value is -6.70. The normalized spacial score (nSPS) is 20.2. The number of halogens is 1. The van der Waals surface area contributed by atoms with Gasteiger partial charge in [-0.15, -0.1) is 0 Å². The first kappa shape index (κ1) is 74.8. The number of cyclic esters (lactones) is 2. The SMILES string of the molecule is CNC(=O)CCCC(=O)N[C@H](C(=O)N[C@@H](CCCCNC(=O)CCOCCOCCOCCOC)C(=O)NCc1ccc([C@H]2O[C@@H]2[C@@H](C)[C@@H]2C/C=C/C(=O)N[C@H](Cc3ccc(OC)c(Cl)c3)C(=O)NCC(C)(C)C(=O)O[C@@H](CC(C)C)C(=O)O2)cc1)C(C)C. The number of methoxy groups -OCH3 is 2. The number of amides is 7. The Bertz CT molecular complexity index is 2640. The zero-order chi connectivity index (χ0) is 65.5. The molecule has 2 aromatic rings. The number of rotatable bonds is 36. The summed E-state index contributed by atoms with van der Waals surface area (Å²) in [7, 11) is 4.60. The predicted octanol–water partition coefficient (Wildman–Crippen LogP) is 4.66. The molecule has 25 heteroatoms. The fourth-order valence-electron chi connectivity index (χ4n) is 9.44. The number of ether oxygens (including phenoxy) is 8. The van der Waals surface area contributed by atoms with Crippen LogP contribution in [0.15, 0.2) is 54.6 Å². The maximum Gasteiger partial charge on any atom is 0.347 e. The first-order chi connectivity index (χ1) is 42.5. The summed E-state index contributed by atoms with van der Waals surface area (Å²) < 4.78 is 44.8. The van der Waals surface area contributed by atoms with E-state index < -0.39 is 95.3 Å². The second-order valence-corrected chi connectivity index (χ2v) is 24.0. The van der Waals surface area contributed by atoms with E-state index in [1.54, 1.807) is 59.1 Å². The predicted molar refractivity (Wildman–Crippen MR) is 331 cm³/mol. The van der Waals surface area contributed by atoms with E-state index in [1.165, 1.54) is 20.2 Å². The highest BCUT2D eigenvalue weighted by Crippen LogP contribution is 2.45. The highest BCUT2D eigenvalue weighted by molar-refractivity contribution is 6.32. The zero-order valence-corrected chi connectivity index (χ0v) is 54.2. The van der Waals surface area contributed by atoms with Gasteiger partial charge in [-0.2, -0.15) is 0 Å². The molecule has 24 nitrogen and oxygen atoms in total. The largest absolute Gasteiger partial charge is 0.495 e. The monoisotopic (exact) mass is 1270 g/mol. The van der Waals surface area contributed by atoms with E-state index in [9.17, 15) is 43.2 Å². The molecule has 0 aromatic heterocycles. The number of unbranched alkanes of at least 4 members (excludes halogenated alkanes) is 1. The van der Waals surface area contributed by atoms with Crippen LogP contribution in [0, 0.1) is 23.2 Å². The molecule has 0 radical (unpaired) electrons. The molecule has 8 atom stereocenters. The van der Waals surface area contributed by atoms with Gasteiger partial charge in [0, 0.05) is 71.8 Å². The number of benzene rings is 2. The van der Waals surface area contributed by atoms with Gasteiger partial charge in [-0.25, -0.2) is 4.79 Å². The number of hydrogen-bond acceptors (Lipinski definition) is 17. The molecule has 1 saturated heterocycles. The molecular formula is C64H96ClN7O17. The lowest BCUT2D eigenvalue weighted by atomic mass is 9.92. The number of nitrogens with one attached hydrogen (secondary N) is 7. The van der Waals surface area contributed by atoms with Gasteiger partial charge in [-0.05, 0) is 92.7 Å². The van der Waals surface area contributed by atoms with Crippen molar-refractivity contribution < 1.29 is 81.0 Å². The van der Waals surface area contributed by atoms with Crippen LogP contribution < -0.4 is 42.0 Å². The second kappa shape index (κ2) is 39.4. The van der Waals surface area contributed by atoms with E-state index in [0.29, 0.717) is 75.4 Å². The molecule has 2 heterocycles. The van der Waals surface area contributed by atoms with Gasteiger partial charge in [0.05, 0.1) is 69.9 Å². The molecule has 1 fully saturated rings. The molecule has 4 rings (SSSR count). The van der Waals surface area contributed by atoms with Crippen molar-refractivity contribution >= 4 is 64.9 Å². The van der Waals surface area contributed by atoms with E-state index in [4.69, 9.17) is 49.5 Å².